The molecule has 2 atom stereocenters. The predicted octanol–water partition coefficient (Wildman–Crippen LogP) is -0.937. The van der Waals surface area contributed by atoms with E-state index in [0.29, 0.717) is 19.4 Å². The highest BCUT2D eigenvalue weighted by molar-refractivity contribution is 5.86. The molecule has 9 heteroatoms. The first-order chi connectivity index (χ1) is 10.1. The van der Waals surface area contributed by atoms with Crippen molar-refractivity contribution in [3.8, 4) is 0 Å². The normalized spacial score (nSPS) is 13.0. The Hall–Kier alpha value is -2.32. The van der Waals surface area contributed by atoms with E-state index in [1.165, 1.54) is 11.9 Å². The monoisotopic (exact) mass is 315 g/mol. The third-order valence-corrected chi connectivity index (χ3v) is 3.21. The number of hydrogen-bond donors (Lipinski definition) is 5. The fourth-order valence-electron chi connectivity index (χ4n) is 2.03. The number of likely N-dealkylation sites (N-methyl/N-ethyl adjacent to an activating group) is 1. The molecule has 0 bridgehead atoms. The standard InChI is InChI=1S/C13H25N5O4/c1-8(7-11(20)21)6-10(19)18(2)9(12(14)22)4-3-5-17-13(15)16/h8-9H,3-7H2,1-2H3,(H2,14,22)(H,20,21)(H4,15,16,17)/t8-,9?/m1/s1. The van der Waals surface area contributed by atoms with Crippen molar-refractivity contribution in [1.82, 2.24) is 10.2 Å². The molecule has 0 radical (unpaired) electrons. The molecule has 0 heterocycles. The van der Waals surface area contributed by atoms with Gasteiger partial charge in [-0.05, 0) is 18.8 Å². The van der Waals surface area contributed by atoms with Gasteiger partial charge in [-0.15, -0.1) is 0 Å². The summed E-state index contributed by atoms with van der Waals surface area (Å²) in [4.78, 5) is 35.4. The van der Waals surface area contributed by atoms with Gasteiger partial charge in [-0.25, -0.2) is 0 Å². The maximum atomic E-state index is 12.1. The molecule has 2 amide bonds. The maximum absolute atomic E-state index is 12.1. The summed E-state index contributed by atoms with van der Waals surface area (Å²) in [5.74, 6) is -2.39. The van der Waals surface area contributed by atoms with Crippen LogP contribution in [0.4, 0.5) is 0 Å². The molecule has 0 aliphatic heterocycles. The average Bonchev–Trinajstić information content (AvgIpc) is 2.35. The minimum Gasteiger partial charge on any atom is -0.481 e. The lowest BCUT2D eigenvalue weighted by atomic mass is 10.0. The number of hydrogen-bond acceptors (Lipinski definition) is 4. The van der Waals surface area contributed by atoms with Gasteiger partial charge in [0.05, 0.1) is 0 Å². The Bertz CT molecular complexity index is 427. The van der Waals surface area contributed by atoms with Gasteiger partial charge < -0.3 is 26.8 Å². The number of aliphatic carboxylic acids is 1. The number of primary amides is 1. The lowest BCUT2D eigenvalue weighted by Gasteiger charge is -2.26. The van der Waals surface area contributed by atoms with E-state index in [2.05, 4.69) is 5.32 Å². The quantitative estimate of drug-likeness (QED) is 0.198. The number of carbonyl (C=O) groups excluding carboxylic acids is 2. The first-order valence-electron chi connectivity index (χ1n) is 6.99. The van der Waals surface area contributed by atoms with Crippen molar-refractivity contribution in [2.75, 3.05) is 13.6 Å². The summed E-state index contributed by atoms with van der Waals surface area (Å²) >= 11 is 0. The van der Waals surface area contributed by atoms with E-state index in [9.17, 15) is 14.4 Å². The van der Waals surface area contributed by atoms with Crippen molar-refractivity contribution < 1.29 is 19.5 Å². The molecule has 0 aliphatic rings. The summed E-state index contributed by atoms with van der Waals surface area (Å²) in [6.45, 7) is 2.06. The van der Waals surface area contributed by atoms with Crippen LogP contribution >= 0.6 is 0 Å². The van der Waals surface area contributed by atoms with Gasteiger partial charge in [0.15, 0.2) is 5.96 Å². The minimum absolute atomic E-state index is 0.0400. The number of amides is 2. The Morgan fingerprint density at radius 3 is 2.32 bits per heavy atom. The SMILES string of the molecule is C[C@@H](CC(=O)O)CC(=O)N(C)C(CCCNC(=N)N)C(N)=O. The topological polar surface area (TPSA) is 163 Å². The van der Waals surface area contributed by atoms with Crippen LogP contribution in [0, 0.1) is 11.3 Å². The molecule has 0 saturated heterocycles. The van der Waals surface area contributed by atoms with E-state index in [1.807, 2.05) is 0 Å². The van der Waals surface area contributed by atoms with Crippen molar-refractivity contribution in [2.24, 2.45) is 17.4 Å². The molecule has 9 nitrogen and oxygen atoms in total. The van der Waals surface area contributed by atoms with E-state index in [-0.39, 0.29) is 30.6 Å². The van der Waals surface area contributed by atoms with Gasteiger partial charge in [-0.1, -0.05) is 6.92 Å². The number of nitrogens with zero attached hydrogens (tertiary/aromatic N) is 1. The third-order valence-electron chi connectivity index (χ3n) is 3.21. The third kappa shape index (κ3) is 8.08. The first-order valence-corrected chi connectivity index (χ1v) is 6.99. The minimum atomic E-state index is -0.968. The zero-order chi connectivity index (χ0) is 17.3. The molecule has 22 heavy (non-hydrogen) atoms. The van der Waals surface area contributed by atoms with Gasteiger partial charge in [0.2, 0.25) is 11.8 Å². The molecule has 0 rings (SSSR count). The second-order valence-corrected chi connectivity index (χ2v) is 5.31. The van der Waals surface area contributed by atoms with Crippen LogP contribution in [-0.4, -0.2) is 53.4 Å². The Morgan fingerprint density at radius 2 is 1.86 bits per heavy atom. The summed E-state index contributed by atoms with van der Waals surface area (Å²) in [6.07, 6.45) is 0.780. The molecular formula is C13H25N5O4. The summed E-state index contributed by atoms with van der Waals surface area (Å²) in [7, 11) is 1.48. The lowest BCUT2D eigenvalue weighted by Crippen LogP contribution is -2.46. The van der Waals surface area contributed by atoms with Crippen molar-refractivity contribution in [1.29, 1.82) is 5.41 Å². The van der Waals surface area contributed by atoms with E-state index in [1.54, 1.807) is 6.92 Å². The highest BCUT2D eigenvalue weighted by Crippen LogP contribution is 2.13. The second-order valence-electron chi connectivity index (χ2n) is 5.31. The lowest BCUT2D eigenvalue weighted by molar-refractivity contribution is -0.140. The number of carbonyl (C=O) groups is 3. The van der Waals surface area contributed by atoms with Gasteiger partial charge >= 0.3 is 5.97 Å². The van der Waals surface area contributed by atoms with E-state index >= 15 is 0 Å². The number of carboxylic acids is 1. The molecule has 0 fully saturated rings. The van der Waals surface area contributed by atoms with Crippen molar-refractivity contribution >= 4 is 23.7 Å². The van der Waals surface area contributed by atoms with Crippen molar-refractivity contribution in [3.63, 3.8) is 0 Å². The van der Waals surface area contributed by atoms with Crippen LogP contribution in [0.2, 0.25) is 0 Å². The summed E-state index contributed by atoms with van der Waals surface area (Å²) in [5, 5.41) is 18.3. The Labute approximate surface area is 129 Å². The second kappa shape index (κ2) is 9.59. The van der Waals surface area contributed by atoms with Gasteiger partial charge in [-0.2, -0.15) is 0 Å². The molecule has 1 unspecified atom stereocenters. The number of rotatable bonds is 10. The maximum Gasteiger partial charge on any atom is 0.303 e. The van der Waals surface area contributed by atoms with Crippen molar-refractivity contribution in [2.45, 2.75) is 38.6 Å². The van der Waals surface area contributed by atoms with Crippen LogP contribution in [0.15, 0.2) is 0 Å². The van der Waals surface area contributed by atoms with Crippen LogP contribution in [0.1, 0.15) is 32.6 Å². The van der Waals surface area contributed by atoms with Gasteiger partial charge in [0.25, 0.3) is 0 Å². The number of nitrogens with one attached hydrogen (secondary N) is 2. The number of guanidine groups is 1. The van der Waals surface area contributed by atoms with E-state index in [4.69, 9.17) is 22.0 Å². The van der Waals surface area contributed by atoms with E-state index < -0.39 is 17.9 Å². The molecule has 0 spiro atoms. The van der Waals surface area contributed by atoms with Crippen molar-refractivity contribution in [3.05, 3.63) is 0 Å². The Morgan fingerprint density at radius 1 is 1.27 bits per heavy atom. The van der Waals surface area contributed by atoms with Crippen LogP contribution in [-0.2, 0) is 14.4 Å². The molecule has 0 aromatic carbocycles. The summed E-state index contributed by atoms with van der Waals surface area (Å²) in [5.41, 5.74) is 10.5. The predicted molar refractivity (Wildman–Crippen MR) is 80.9 cm³/mol. The smallest absolute Gasteiger partial charge is 0.303 e. The first kappa shape index (κ1) is 19.7. The van der Waals surface area contributed by atoms with E-state index in [0.717, 1.165) is 0 Å². The van der Waals surface area contributed by atoms with Gasteiger partial charge in [0.1, 0.15) is 6.04 Å². The van der Waals surface area contributed by atoms with Crippen LogP contribution in [0.5, 0.6) is 0 Å². The van der Waals surface area contributed by atoms with Crippen LogP contribution in [0.3, 0.4) is 0 Å². The largest absolute Gasteiger partial charge is 0.481 e. The average molecular weight is 315 g/mol. The highest BCUT2D eigenvalue weighted by atomic mass is 16.4. The fraction of sp³-hybridized carbons (Fsp3) is 0.692. The molecular weight excluding hydrogens is 290 g/mol. The van der Waals surface area contributed by atoms with Crippen LogP contribution in [0.25, 0.3) is 0 Å². The molecule has 0 aromatic heterocycles. The molecule has 0 aromatic rings. The summed E-state index contributed by atoms with van der Waals surface area (Å²) < 4.78 is 0. The zero-order valence-corrected chi connectivity index (χ0v) is 13.0. The molecule has 0 aliphatic carbocycles. The van der Waals surface area contributed by atoms with Gasteiger partial charge in [0, 0.05) is 26.4 Å². The number of carboxylic acid groups (broad SMARTS) is 1. The highest BCUT2D eigenvalue weighted by Gasteiger charge is 2.25. The zero-order valence-electron chi connectivity index (χ0n) is 13.0. The van der Waals surface area contributed by atoms with Gasteiger partial charge in [-0.3, -0.25) is 19.8 Å². The Kier molecular flexibility index (Phi) is 8.58. The fourth-order valence-corrected chi connectivity index (χ4v) is 2.03. The Balaban J connectivity index is 4.47. The molecule has 0 saturated carbocycles. The van der Waals surface area contributed by atoms with Crippen LogP contribution < -0.4 is 16.8 Å². The molecule has 7 N–H and O–H groups in total. The summed E-state index contributed by atoms with van der Waals surface area (Å²) in [6, 6.07) is -0.765. The number of nitrogens with two attached hydrogens (primary N) is 2. The molecule has 126 valence electrons.